The summed E-state index contributed by atoms with van der Waals surface area (Å²) in [5.74, 6) is 0.691. The molecule has 1 atom stereocenters. The first-order valence-electron chi connectivity index (χ1n) is 7.16. The van der Waals surface area contributed by atoms with E-state index >= 15 is 0 Å². The van der Waals surface area contributed by atoms with Crippen LogP contribution in [0.5, 0.6) is 0 Å². The zero-order chi connectivity index (χ0) is 12.7. The summed E-state index contributed by atoms with van der Waals surface area (Å²) in [5.41, 5.74) is 0. The largest absolute Gasteiger partial charge is 0.340 e. The Balaban J connectivity index is 2.45. The third-order valence-electron chi connectivity index (χ3n) is 3.71. The van der Waals surface area contributed by atoms with E-state index in [1.165, 1.54) is 12.8 Å². The fourth-order valence-electron chi connectivity index (χ4n) is 2.48. The van der Waals surface area contributed by atoms with Gasteiger partial charge in [-0.3, -0.25) is 4.79 Å². The molecule has 0 aromatic rings. The molecular weight excluding hydrogens is 212 g/mol. The summed E-state index contributed by atoms with van der Waals surface area (Å²) >= 11 is 0. The minimum absolute atomic E-state index is 0.281. The highest BCUT2D eigenvalue weighted by Crippen LogP contribution is 2.18. The second kappa shape index (κ2) is 7.70. The average molecular weight is 240 g/mol. The quantitative estimate of drug-likeness (QED) is 0.711. The molecule has 0 N–H and O–H groups in total. The number of piperazine rings is 1. The number of nitrogens with zero attached hydrogens (tertiary/aromatic N) is 2. The lowest BCUT2D eigenvalue weighted by molar-refractivity contribution is -0.137. The molecule has 0 aromatic carbocycles. The van der Waals surface area contributed by atoms with Crippen molar-refractivity contribution >= 4 is 5.91 Å². The number of likely N-dealkylation sites (N-methyl/N-ethyl adjacent to an activating group) is 1. The Morgan fingerprint density at radius 2 is 1.71 bits per heavy atom. The van der Waals surface area contributed by atoms with Gasteiger partial charge >= 0.3 is 0 Å². The minimum Gasteiger partial charge on any atom is -0.340 e. The van der Waals surface area contributed by atoms with Gasteiger partial charge in [-0.05, 0) is 19.9 Å². The summed E-state index contributed by atoms with van der Waals surface area (Å²) in [4.78, 5) is 16.8. The summed E-state index contributed by atoms with van der Waals surface area (Å²) in [6, 6.07) is 0. The van der Waals surface area contributed by atoms with E-state index in [9.17, 15) is 4.79 Å². The van der Waals surface area contributed by atoms with Crippen molar-refractivity contribution in [2.75, 3.05) is 33.2 Å². The number of carbonyl (C=O) groups excluding carboxylic acids is 1. The van der Waals surface area contributed by atoms with E-state index in [-0.39, 0.29) is 5.92 Å². The summed E-state index contributed by atoms with van der Waals surface area (Å²) in [6.07, 6.45) is 5.63. The molecule has 0 aliphatic carbocycles. The highest BCUT2D eigenvalue weighted by molar-refractivity contribution is 5.78. The molecule has 1 aliphatic rings. The van der Waals surface area contributed by atoms with E-state index in [4.69, 9.17) is 0 Å². The van der Waals surface area contributed by atoms with E-state index in [1.54, 1.807) is 0 Å². The van der Waals surface area contributed by atoms with Crippen molar-refractivity contribution in [3.63, 3.8) is 0 Å². The van der Waals surface area contributed by atoms with Gasteiger partial charge in [0.25, 0.3) is 0 Å². The Morgan fingerprint density at radius 3 is 2.24 bits per heavy atom. The van der Waals surface area contributed by atoms with Crippen LogP contribution in [-0.4, -0.2) is 48.9 Å². The van der Waals surface area contributed by atoms with Crippen LogP contribution >= 0.6 is 0 Å². The van der Waals surface area contributed by atoms with Gasteiger partial charge in [-0.2, -0.15) is 0 Å². The molecule has 0 aromatic heterocycles. The van der Waals surface area contributed by atoms with Crippen LogP contribution < -0.4 is 0 Å². The zero-order valence-electron chi connectivity index (χ0n) is 11.7. The van der Waals surface area contributed by atoms with Gasteiger partial charge in [-0.15, -0.1) is 0 Å². The third kappa shape index (κ3) is 4.66. The lowest BCUT2D eigenvalue weighted by atomic mass is 9.95. The molecule has 100 valence electrons. The number of amides is 1. The van der Waals surface area contributed by atoms with Crippen LogP contribution in [0.1, 0.15) is 46.0 Å². The monoisotopic (exact) mass is 240 g/mol. The van der Waals surface area contributed by atoms with Crippen LogP contribution in [0.3, 0.4) is 0 Å². The van der Waals surface area contributed by atoms with E-state index in [1.807, 2.05) is 0 Å². The van der Waals surface area contributed by atoms with Gasteiger partial charge in [0, 0.05) is 32.1 Å². The predicted octanol–water partition coefficient (Wildman–Crippen LogP) is 2.37. The van der Waals surface area contributed by atoms with Crippen molar-refractivity contribution in [2.45, 2.75) is 46.0 Å². The van der Waals surface area contributed by atoms with Gasteiger partial charge < -0.3 is 9.80 Å². The Kier molecular flexibility index (Phi) is 6.56. The Labute approximate surface area is 106 Å². The summed E-state index contributed by atoms with van der Waals surface area (Å²) in [6.45, 7) is 8.26. The second-order valence-corrected chi connectivity index (χ2v) is 5.26. The summed E-state index contributed by atoms with van der Waals surface area (Å²) < 4.78 is 0. The van der Waals surface area contributed by atoms with Crippen LogP contribution in [-0.2, 0) is 4.79 Å². The average Bonchev–Trinajstić information content (AvgIpc) is 2.34. The van der Waals surface area contributed by atoms with Crippen LogP contribution in [0.15, 0.2) is 0 Å². The lowest BCUT2D eigenvalue weighted by Gasteiger charge is -2.34. The molecule has 1 saturated heterocycles. The number of carbonyl (C=O) groups is 1. The van der Waals surface area contributed by atoms with Crippen molar-refractivity contribution in [1.82, 2.24) is 9.80 Å². The zero-order valence-corrected chi connectivity index (χ0v) is 11.7. The maximum absolute atomic E-state index is 12.4. The van der Waals surface area contributed by atoms with Crippen molar-refractivity contribution < 1.29 is 4.79 Å². The molecule has 1 amide bonds. The number of hydrogen-bond acceptors (Lipinski definition) is 2. The first-order valence-corrected chi connectivity index (χ1v) is 7.16. The smallest absolute Gasteiger partial charge is 0.225 e. The normalized spacial score (nSPS) is 19.4. The third-order valence-corrected chi connectivity index (χ3v) is 3.71. The van der Waals surface area contributed by atoms with Crippen molar-refractivity contribution in [1.29, 1.82) is 0 Å². The van der Waals surface area contributed by atoms with Gasteiger partial charge in [-0.1, -0.05) is 33.1 Å². The van der Waals surface area contributed by atoms with Crippen LogP contribution in [0.25, 0.3) is 0 Å². The molecule has 3 nitrogen and oxygen atoms in total. The Hall–Kier alpha value is -0.570. The SMILES string of the molecule is CCCCC(CCC)C(=O)N1CCN(C)CC1. The standard InChI is InChI=1S/C14H28N2O/c1-4-6-8-13(7-5-2)14(17)16-11-9-15(3)10-12-16/h13H,4-12H2,1-3H3. The van der Waals surface area contributed by atoms with Gasteiger partial charge in [0.15, 0.2) is 0 Å². The van der Waals surface area contributed by atoms with E-state index in [0.29, 0.717) is 5.91 Å². The Morgan fingerprint density at radius 1 is 1.06 bits per heavy atom. The van der Waals surface area contributed by atoms with Crippen LogP contribution in [0, 0.1) is 5.92 Å². The van der Waals surface area contributed by atoms with Crippen LogP contribution in [0.2, 0.25) is 0 Å². The maximum Gasteiger partial charge on any atom is 0.225 e. The molecule has 1 rings (SSSR count). The molecule has 3 heteroatoms. The summed E-state index contributed by atoms with van der Waals surface area (Å²) in [7, 11) is 2.13. The van der Waals surface area contributed by atoms with Gasteiger partial charge in [0.1, 0.15) is 0 Å². The highest BCUT2D eigenvalue weighted by Gasteiger charge is 2.25. The van der Waals surface area contributed by atoms with Crippen molar-refractivity contribution in [2.24, 2.45) is 5.92 Å². The molecule has 1 heterocycles. The first kappa shape index (κ1) is 14.5. The molecule has 17 heavy (non-hydrogen) atoms. The maximum atomic E-state index is 12.4. The molecule has 0 bridgehead atoms. The summed E-state index contributed by atoms with van der Waals surface area (Å²) in [5, 5.41) is 0. The lowest BCUT2D eigenvalue weighted by Crippen LogP contribution is -2.49. The molecule has 0 spiro atoms. The van der Waals surface area contributed by atoms with Crippen molar-refractivity contribution in [3.05, 3.63) is 0 Å². The van der Waals surface area contributed by atoms with Gasteiger partial charge in [0.2, 0.25) is 5.91 Å². The van der Waals surface area contributed by atoms with E-state index < -0.39 is 0 Å². The van der Waals surface area contributed by atoms with E-state index in [0.717, 1.165) is 45.4 Å². The molecule has 1 unspecified atom stereocenters. The van der Waals surface area contributed by atoms with Crippen LogP contribution in [0.4, 0.5) is 0 Å². The topological polar surface area (TPSA) is 23.6 Å². The number of hydrogen-bond donors (Lipinski definition) is 0. The fraction of sp³-hybridized carbons (Fsp3) is 0.929. The van der Waals surface area contributed by atoms with Gasteiger partial charge in [-0.25, -0.2) is 0 Å². The molecule has 1 aliphatic heterocycles. The number of unbranched alkanes of at least 4 members (excludes halogenated alkanes) is 1. The molecule has 0 saturated carbocycles. The fourth-order valence-corrected chi connectivity index (χ4v) is 2.48. The first-order chi connectivity index (χ1) is 8.19. The molecular formula is C14H28N2O. The highest BCUT2D eigenvalue weighted by atomic mass is 16.2. The van der Waals surface area contributed by atoms with Crippen molar-refractivity contribution in [3.8, 4) is 0 Å². The minimum atomic E-state index is 0.281. The van der Waals surface area contributed by atoms with E-state index in [2.05, 4.69) is 30.7 Å². The second-order valence-electron chi connectivity index (χ2n) is 5.26. The van der Waals surface area contributed by atoms with Gasteiger partial charge in [0.05, 0.1) is 0 Å². The predicted molar refractivity (Wildman–Crippen MR) is 72.0 cm³/mol. The molecule has 0 radical (unpaired) electrons. The molecule has 1 fully saturated rings. The Bertz CT molecular complexity index is 222. The number of rotatable bonds is 6.